The molecule has 2 aliphatic rings. The largest absolute Gasteiger partial charge is 0.399 e. The summed E-state index contributed by atoms with van der Waals surface area (Å²) in [6.07, 6.45) is 5.50. The number of hydrogen-bond acceptors (Lipinski definition) is 4. The van der Waals surface area contributed by atoms with Crippen LogP contribution >= 0.6 is 0 Å². The van der Waals surface area contributed by atoms with Crippen molar-refractivity contribution in [3.63, 3.8) is 0 Å². The smallest absolute Gasteiger partial charge is 0.181 e. The Kier molecular flexibility index (Phi) is 2.96. The number of benzene rings is 1. The van der Waals surface area contributed by atoms with Crippen molar-refractivity contribution >= 4 is 21.2 Å². The molecule has 19 heavy (non-hydrogen) atoms. The number of sulfone groups is 1. The molecule has 0 aromatic heterocycles. The fourth-order valence-corrected chi connectivity index (χ4v) is 5.49. The third kappa shape index (κ3) is 2.31. The lowest BCUT2D eigenvalue weighted by Gasteiger charge is -2.35. The van der Waals surface area contributed by atoms with E-state index in [0.29, 0.717) is 16.3 Å². The normalized spacial score (nSPS) is 24.2. The second kappa shape index (κ2) is 4.40. The third-order valence-electron chi connectivity index (χ3n) is 4.40. The van der Waals surface area contributed by atoms with E-state index in [1.54, 1.807) is 18.2 Å². The zero-order valence-electron chi connectivity index (χ0n) is 11.0. The third-order valence-corrected chi connectivity index (χ3v) is 6.42. The van der Waals surface area contributed by atoms with E-state index >= 15 is 0 Å². The first-order valence-corrected chi connectivity index (χ1v) is 8.52. The Bertz CT molecular complexity index is 589. The minimum absolute atomic E-state index is 0.0924. The summed E-state index contributed by atoms with van der Waals surface area (Å²) in [6.45, 7) is 0.739. The molecule has 1 saturated carbocycles. The lowest BCUT2D eigenvalue weighted by molar-refractivity contribution is 0.237. The molecule has 0 atom stereocenters. The summed E-state index contributed by atoms with van der Waals surface area (Å²) in [7, 11) is -3.22. The molecule has 104 valence electrons. The van der Waals surface area contributed by atoms with Crippen molar-refractivity contribution < 1.29 is 8.42 Å². The van der Waals surface area contributed by atoms with Gasteiger partial charge in [0.2, 0.25) is 0 Å². The number of rotatable bonds is 0. The van der Waals surface area contributed by atoms with Gasteiger partial charge in [-0.2, -0.15) is 0 Å². The van der Waals surface area contributed by atoms with E-state index < -0.39 is 9.84 Å². The molecule has 0 unspecified atom stereocenters. The number of fused-ring (bicyclic) bond motifs is 1. The Balaban J connectivity index is 2.03. The fourth-order valence-electron chi connectivity index (χ4n) is 3.39. The molecule has 0 bridgehead atoms. The molecule has 5 heteroatoms. The van der Waals surface area contributed by atoms with Crippen LogP contribution < -0.4 is 11.1 Å². The van der Waals surface area contributed by atoms with Gasteiger partial charge in [-0.3, -0.25) is 0 Å². The van der Waals surface area contributed by atoms with Crippen LogP contribution in [0.3, 0.4) is 0 Å². The second-order valence-electron chi connectivity index (χ2n) is 5.93. The first-order chi connectivity index (χ1) is 9.01. The molecular weight excluding hydrogens is 260 g/mol. The summed E-state index contributed by atoms with van der Waals surface area (Å²) in [5.74, 6) is 0.268. The number of hydrogen-bond donors (Lipinski definition) is 2. The highest BCUT2D eigenvalue weighted by molar-refractivity contribution is 7.91. The Hall–Kier alpha value is -1.23. The Morgan fingerprint density at radius 3 is 2.63 bits per heavy atom. The molecule has 0 radical (unpaired) electrons. The molecule has 3 rings (SSSR count). The van der Waals surface area contributed by atoms with Gasteiger partial charge in [-0.15, -0.1) is 0 Å². The summed E-state index contributed by atoms with van der Waals surface area (Å²) in [5, 5.41) is 3.32. The van der Waals surface area contributed by atoms with Crippen LogP contribution in [-0.4, -0.2) is 20.7 Å². The van der Waals surface area contributed by atoms with Gasteiger partial charge in [-0.1, -0.05) is 19.3 Å². The van der Waals surface area contributed by atoms with E-state index in [1.165, 1.54) is 6.42 Å². The zero-order chi connectivity index (χ0) is 13.5. The van der Waals surface area contributed by atoms with Gasteiger partial charge in [0.15, 0.2) is 9.84 Å². The highest BCUT2D eigenvalue weighted by Crippen LogP contribution is 2.42. The maximum absolute atomic E-state index is 12.6. The molecule has 4 nitrogen and oxygen atoms in total. The quantitative estimate of drug-likeness (QED) is 0.716. The zero-order valence-corrected chi connectivity index (χ0v) is 11.8. The maximum atomic E-state index is 12.6. The summed E-state index contributed by atoms with van der Waals surface area (Å²) in [4.78, 5) is 0.407. The van der Waals surface area contributed by atoms with Crippen LogP contribution in [0, 0.1) is 5.41 Å². The topological polar surface area (TPSA) is 72.2 Å². The Morgan fingerprint density at radius 1 is 1.16 bits per heavy atom. The summed E-state index contributed by atoms with van der Waals surface area (Å²) in [5.41, 5.74) is 6.93. The van der Waals surface area contributed by atoms with Gasteiger partial charge in [-0.05, 0) is 31.0 Å². The molecule has 1 spiro atoms. The molecule has 1 aromatic rings. The van der Waals surface area contributed by atoms with E-state index in [0.717, 1.165) is 32.2 Å². The van der Waals surface area contributed by atoms with Gasteiger partial charge in [0.05, 0.1) is 16.3 Å². The van der Waals surface area contributed by atoms with E-state index in [1.807, 2.05) is 0 Å². The lowest BCUT2D eigenvalue weighted by atomic mass is 9.75. The highest BCUT2D eigenvalue weighted by atomic mass is 32.2. The van der Waals surface area contributed by atoms with Gasteiger partial charge in [0.25, 0.3) is 0 Å². The fraction of sp³-hybridized carbons (Fsp3) is 0.571. The van der Waals surface area contributed by atoms with Crippen molar-refractivity contribution in [2.75, 3.05) is 23.3 Å². The standard InChI is InChI=1S/C14H20N2O2S/c15-11-4-5-13-12(8-11)16-9-14(10-19(13,17)18)6-2-1-3-7-14/h4-5,8,16H,1-3,6-7,9-10,15H2. The number of nitrogens with one attached hydrogen (secondary N) is 1. The Morgan fingerprint density at radius 2 is 1.89 bits per heavy atom. The first kappa shape index (κ1) is 12.8. The van der Waals surface area contributed by atoms with Crippen LogP contribution in [0.1, 0.15) is 32.1 Å². The van der Waals surface area contributed by atoms with Crippen LogP contribution in [-0.2, 0) is 9.84 Å². The summed E-state index contributed by atoms with van der Waals surface area (Å²) < 4.78 is 25.2. The molecule has 1 heterocycles. The van der Waals surface area contributed by atoms with E-state index in [9.17, 15) is 8.42 Å². The van der Waals surface area contributed by atoms with Crippen LogP contribution in [0.4, 0.5) is 11.4 Å². The molecular formula is C14H20N2O2S. The average molecular weight is 280 g/mol. The van der Waals surface area contributed by atoms with Crippen molar-refractivity contribution in [2.45, 2.75) is 37.0 Å². The van der Waals surface area contributed by atoms with Crippen LogP contribution in [0.15, 0.2) is 23.1 Å². The van der Waals surface area contributed by atoms with Gasteiger partial charge in [0.1, 0.15) is 0 Å². The van der Waals surface area contributed by atoms with E-state index in [2.05, 4.69) is 5.32 Å². The number of anilines is 2. The predicted octanol–water partition coefficient (Wildman–Crippen LogP) is 2.42. The summed E-state index contributed by atoms with van der Waals surface area (Å²) in [6, 6.07) is 5.03. The molecule has 0 saturated heterocycles. The Labute approximate surface area is 114 Å². The van der Waals surface area contributed by atoms with Crippen LogP contribution in [0.5, 0.6) is 0 Å². The minimum atomic E-state index is -3.22. The first-order valence-electron chi connectivity index (χ1n) is 6.87. The molecule has 1 aromatic carbocycles. The minimum Gasteiger partial charge on any atom is -0.399 e. The second-order valence-corrected chi connectivity index (χ2v) is 7.89. The molecule has 1 aliphatic heterocycles. The van der Waals surface area contributed by atoms with Crippen molar-refractivity contribution in [3.05, 3.63) is 18.2 Å². The SMILES string of the molecule is Nc1ccc2c(c1)NCC1(CCCCC1)CS2(=O)=O. The predicted molar refractivity (Wildman–Crippen MR) is 76.9 cm³/mol. The average Bonchev–Trinajstić information content (AvgIpc) is 2.46. The lowest BCUT2D eigenvalue weighted by Crippen LogP contribution is -2.36. The van der Waals surface area contributed by atoms with Gasteiger partial charge >= 0.3 is 0 Å². The summed E-state index contributed by atoms with van der Waals surface area (Å²) >= 11 is 0. The maximum Gasteiger partial charge on any atom is 0.181 e. The van der Waals surface area contributed by atoms with E-state index in [4.69, 9.17) is 5.73 Å². The van der Waals surface area contributed by atoms with Gasteiger partial charge < -0.3 is 11.1 Å². The molecule has 1 fully saturated rings. The van der Waals surface area contributed by atoms with E-state index in [-0.39, 0.29) is 11.2 Å². The molecule has 3 N–H and O–H groups in total. The van der Waals surface area contributed by atoms with Crippen molar-refractivity contribution in [1.82, 2.24) is 0 Å². The molecule has 1 aliphatic carbocycles. The van der Waals surface area contributed by atoms with Crippen molar-refractivity contribution in [1.29, 1.82) is 0 Å². The number of nitrogen functional groups attached to an aromatic ring is 1. The molecule has 0 amide bonds. The van der Waals surface area contributed by atoms with Crippen molar-refractivity contribution in [3.8, 4) is 0 Å². The monoisotopic (exact) mass is 280 g/mol. The van der Waals surface area contributed by atoms with Gasteiger partial charge in [0, 0.05) is 17.6 Å². The van der Waals surface area contributed by atoms with Crippen LogP contribution in [0.2, 0.25) is 0 Å². The van der Waals surface area contributed by atoms with Crippen LogP contribution in [0.25, 0.3) is 0 Å². The highest BCUT2D eigenvalue weighted by Gasteiger charge is 2.40. The van der Waals surface area contributed by atoms with Gasteiger partial charge in [-0.25, -0.2) is 8.42 Å². The van der Waals surface area contributed by atoms with Crippen molar-refractivity contribution in [2.24, 2.45) is 5.41 Å². The number of nitrogens with two attached hydrogens (primary N) is 1.